The van der Waals surface area contributed by atoms with Crippen molar-refractivity contribution in [3.63, 3.8) is 0 Å². The van der Waals surface area contributed by atoms with Crippen LogP contribution < -0.4 is 44.6 Å². The molecule has 3 aromatic rings. The second-order valence-electron chi connectivity index (χ2n) is 18.1. The molecule has 0 aliphatic rings. The zero-order chi connectivity index (χ0) is 43.6. The molecule has 1 heterocycles. The van der Waals surface area contributed by atoms with Crippen LogP contribution >= 0.6 is 15.9 Å². The van der Waals surface area contributed by atoms with Gasteiger partial charge in [0, 0.05) is 52.5 Å². The summed E-state index contributed by atoms with van der Waals surface area (Å²) in [4.78, 5) is 54.1. The molecule has 3 atom stereocenters. The molecule has 0 spiro atoms. The Bertz CT molecular complexity index is 1940. The molecule has 320 valence electrons. The van der Waals surface area contributed by atoms with Crippen molar-refractivity contribution in [2.75, 3.05) is 19.6 Å². The van der Waals surface area contributed by atoms with Gasteiger partial charge in [0.1, 0.15) is 12.1 Å². The van der Waals surface area contributed by atoms with Gasteiger partial charge in [0.05, 0.1) is 6.04 Å². The summed E-state index contributed by atoms with van der Waals surface area (Å²) in [5.74, 6) is -1.49. The lowest BCUT2D eigenvalue weighted by Gasteiger charge is -2.27. The average Bonchev–Trinajstić information content (AvgIpc) is 3.49. The summed E-state index contributed by atoms with van der Waals surface area (Å²) >= 11 is 3.57. The summed E-state index contributed by atoms with van der Waals surface area (Å²) in [6, 6.07) is 9.27. The lowest BCUT2D eigenvalue weighted by atomic mass is 9.78. The van der Waals surface area contributed by atoms with E-state index in [4.69, 9.17) is 28.7 Å². The number of carbonyl (C=O) groups excluding carboxylic acids is 3. The number of fused-ring (bicyclic) bond motifs is 1. The summed E-state index contributed by atoms with van der Waals surface area (Å²) in [6.45, 7) is 20.4. The Morgan fingerprint density at radius 2 is 1.34 bits per heavy atom. The maximum Gasteiger partial charge on any atom is 0.243 e. The zero-order valence-corrected chi connectivity index (χ0v) is 37.5. The highest BCUT2D eigenvalue weighted by atomic mass is 79.9. The first-order valence-corrected chi connectivity index (χ1v) is 20.9. The molecule has 1 aromatic heterocycles. The number of rotatable bonds is 18. The van der Waals surface area contributed by atoms with Crippen LogP contribution in [0.5, 0.6) is 0 Å². The van der Waals surface area contributed by atoms with Crippen LogP contribution in [0.2, 0.25) is 0 Å². The monoisotopic (exact) mass is 865 g/mol. The Balaban J connectivity index is 2.10. The van der Waals surface area contributed by atoms with E-state index in [1.807, 2.05) is 24.3 Å². The molecule has 14 N–H and O–H groups in total. The number of nitrogens with two attached hydrogens (primary N) is 5. The van der Waals surface area contributed by atoms with E-state index < -0.39 is 29.9 Å². The first kappa shape index (κ1) is 47.7. The Morgan fingerprint density at radius 1 is 0.759 bits per heavy atom. The Hall–Kier alpha value is -4.63. The number of hydrogen-bond donors (Lipinski definition) is 9. The highest BCUT2D eigenvalue weighted by molar-refractivity contribution is 9.10. The standard InChI is InChI=1S/C43H68BrN11O3/c1-41(2,3)26-22-27-28(35(43(7,8)9)55-34(27)29(23-26)42(4,5)6)24-33(54-36(56)31(45)16-12-19-51-39(46)47)38(58)53-32(17-13-20-52-40(48)49)37(57)50-21-18-25-14-10-11-15-30(25)44/h10-11,14-15,22-23,31-33,55H,12-13,16-21,24,45H2,1-9H3,(H,50,57)(H,53,58)(H,54,56)(H4,46,47,51)(H4,48,49,52)/t31-,32-,33-/m0/s1. The van der Waals surface area contributed by atoms with Crippen molar-refractivity contribution in [3.8, 4) is 0 Å². The Morgan fingerprint density at radius 3 is 1.90 bits per heavy atom. The number of aromatic amines is 1. The van der Waals surface area contributed by atoms with E-state index in [1.165, 1.54) is 0 Å². The van der Waals surface area contributed by atoms with Crippen LogP contribution in [-0.4, -0.2) is 72.4 Å². The van der Waals surface area contributed by atoms with Crippen LogP contribution in [0.4, 0.5) is 0 Å². The molecule has 2 aromatic carbocycles. The van der Waals surface area contributed by atoms with Gasteiger partial charge in [-0.25, -0.2) is 0 Å². The van der Waals surface area contributed by atoms with Crippen molar-refractivity contribution in [1.82, 2.24) is 20.9 Å². The molecule has 0 saturated heterocycles. The number of benzene rings is 2. The number of H-pyrrole nitrogens is 1. The summed E-state index contributed by atoms with van der Waals surface area (Å²) in [6.07, 6.45) is 2.12. The lowest BCUT2D eigenvalue weighted by molar-refractivity contribution is -0.132. The van der Waals surface area contributed by atoms with Crippen LogP contribution in [0, 0.1) is 0 Å². The number of aromatic nitrogens is 1. The fraction of sp³-hybridized carbons (Fsp3) is 0.558. The van der Waals surface area contributed by atoms with Crippen molar-refractivity contribution in [3.05, 3.63) is 68.8 Å². The number of guanidine groups is 2. The first-order chi connectivity index (χ1) is 26.9. The Kier molecular flexibility index (Phi) is 16.8. The van der Waals surface area contributed by atoms with Crippen molar-refractivity contribution >= 4 is 56.5 Å². The third-order valence-corrected chi connectivity index (χ3v) is 10.8. The Labute approximate surface area is 352 Å². The molecule has 0 bridgehead atoms. The van der Waals surface area contributed by atoms with Crippen LogP contribution in [-0.2, 0) is 43.5 Å². The van der Waals surface area contributed by atoms with Gasteiger partial charge in [0.15, 0.2) is 11.9 Å². The van der Waals surface area contributed by atoms with Crippen molar-refractivity contribution in [2.24, 2.45) is 38.7 Å². The largest absolute Gasteiger partial charge is 0.370 e. The van der Waals surface area contributed by atoms with Gasteiger partial charge < -0.3 is 49.6 Å². The molecule has 0 fully saturated rings. The summed E-state index contributed by atoms with van der Waals surface area (Å²) < 4.78 is 0.940. The van der Waals surface area contributed by atoms with Gasteiger partial charge in [-0.05, 0) is 77.3 Å². The quantitative estimate of drug-likeness (QED) is 0.0509. The highest BCUT2D eigenvalue weighted by Crippen LogP contribution is 2.40. The van der Waals surface area contributed by atoms with E-state index in [-0.39, 0.29) is 59.9 Å². The van der Waals surface area contributed by atoms with Crippen LogP contribution in [0.3, 0.4) is 0 Å². The molecule has 15 heteroatoms. The average molecular weight is 867 g/mol. The molecular weight excluding hydrogens is 798 g/mol. The van der Waals surface area contributed by atoms with Crippen LogP contribution in [0.25, 0.3) is 10.9 Å². The van der Waals surface area contributed by atoms with Crippen LogP contribution in [0.1, 0.15) is 116 Å². The normalized spacial score (nSPS) is 13.6. The van der Waals surface area contributed by atoms with Crippen molar-refractivity contribution in [2.45, 2.75) is 135 Å². The fourth-order valence-corrected chi connectivity index (χ4v) is 7.24. The fourth-order valence-electron chi connectivity index (χ4n) is 6.76. The minimum absolute atomic E-state index is 0.0443. The van der Waals surface area contributed by atoms with E-state index >= 15 is 0 Å². The van der Waals surface area contributed by atoms with Gasteiger partial charge in [-0.3, -0.25) is 24.4 Å². The van der Waals surface area contributed by atoms with Crippen molar-refractivity contribution in [1.29, 1.82) is 0 Å². The minimum Gasteiger partial charge on any atom is -0.370 e. The maximum atomic E-state index is 14.6. The molecule has 58 heavy (non-hydrogen) atoms. The third-order valence-electron chi connectivity index (χ3n) is 10.0. The smallest absolute Gasteiger partial charge is 0.243 e. The predicted molar refractivity (Wildman–Crippen MR) is 241 cm³/mol. The number of aliphatic imine (C=N–C) groups is 2. The zero-order valence-electron chi connectivity index (χ0n) is 35.9. The molecule has 0 aliphatic carbocycles. The summed E-state index contributed by atoms with van der Waals surface area (Å²) in [5.41, 5.74) is 33.9. The van der Waals surface area contributed by atoms with E-state index in [1.54, 1.807) is 0 Å². The molecule has 0 saturated carbocycles. The second-order valence-corrected chi connectivity index (χ2v) is 19.0. The molecule has 0 aliphatic heterocycles. The number of nitrogens with zero attached hydrogens (tertiary/aromatic N) is 2. The number of carbonyl (C=O) groups is 3. The third kappa shape index (κ3) is 14.0. The minimum atomic E-state index is -1.10. The molecule has 0 unspecified atom stereocenters. The van der Waals surface area contributed by atoms with E-state index in [0.29, 0.717) is 32.4 Å². The maximum absolute atomic E-state index is 14.6. The molecular formula is C43H68BrN11O3. The van der Waals surface area contributed by atoms with Gasteiger partial charge in [0.2, 0.25) is 17.7 Å². The summed E-state index contributed by atoms with van der Waals surface area (Å²) in [7, 11) is 0. The van der Waals surface area contributed by atoms with E-state index in [9.17, 15) is 14.4 Å². The van der Waals surface area contributed by atoms with Crippen LogP contribution in [0.15, 0.2) is 50.9 Å². The van der Waals surface area contributed by atoms with Crippen molar-refractivity contribution < 1.29 is 14.4 Å². The highest BCUT2D eigenvalue weighted by Gasteiger charge is 2.34. The summed E-state index contributed by atoms with van der Waals surface area (Å²) in [5, 5.41) is 9.92. The van der Waals surface area contributed by atoms with Gasteiger partial charge in [-0.15, -0.1) is 0 Å². The SMILES string of the molecule is CC(C)(C)c1cc(C(C)(C)C)c2[nH]c(C(C)(C)C)c(C[C@H](NC(=O)[C@@H](N)CCCN=C(N)N)C(=O)N[C@@H](CCCN=C(N)N)C(=O)NCCc3ccccc3Br)c2c1. The molecule has 3 rings (SSSR count). The lowest BCUT2D eigenvalue weighted by Crippen LogP contribution is -2.56. The van der Waals surface area contributed by atoms with Gasteiger partial charge in [0.25, 0.3) is 0 Å². The van der Waals surface area contributed by atoms with Gasteiger partial charge in [-0.1, -0.05) is 103 Å². The number of nitrogens with one attached hydrogen (secondary N) is 4. The molecule has 3 amide bonds. The number of amides is 3. The van der Waals surface area contributed by atoms with Gasteiger partial charge in [-0.2, -0.15) is 0 Å². The van der Waals surface area contributed by atoms with E-state index in [2.05, 4.69) is 121 Å². The molecule has 14 nitrogen and oxygen atoms in total. The topological polar surface area (TPSA) is 258 Å². The number of halogens is 1. The molecule has 0 radical (unpaired) electrons. The number of hydrogen-bond acceptors (Lipinski definition) is 6. The first-order valence-electron chi connectivity index (χ1n) is 20.1. The second kappa shape index (κ2) is 20.4. The van der Waals surface area contributed by atoms with Gasteiger partial charge >= 0.3 is 0 Å². The predicted octanol–water partition coefficient (Wildman–Crippen LogP) is 4.13. The van der Waals surface area contributed by atoms with E-state index in [0.717, 1.165) is 43.3 Å².